The number of aryl methyl sites for hydroxylation is 1. The molecule has 0 aliphatic carbocycles. The molecule has 0 atom stereocenters. The van der Waals surface area contributed by atoms with Crippen LogP contribution in [-0.4, -0.2) is 48.5 Å². The van der Waals surface area contributed by atoms with Crippen molar-refractivity contribution < 1.29 is 14.3 Å². The molecule has 0 spiro atoms. The van der Waals surface area contributed by atoms with E-state index in [1.807, 2.05) is 49.4 Å². The number of methoxy groups -OCH3 is 1. The van der Waals surface area contributed by atoms with Crippen molar-refractivity contribution in [2.75, 3.05) is 32.1 Å². The number of rotatable bonds is 10. The second-order valence-corrected chi connectivity index (χ2v) is 9.91. The number of thiophene rings is 1. The largest absolute Gasteiger partial charge is 0.383 e. The molecule has 0 unspecified atom stereocenters. The first-order chi connectivity index (χ1) is 16.4. The Hall–Kier alpha value is -2.58. The van der Waals surface area contributed by atoms with E-state index in [1.54, 1.807) is 41.5 Å². The van der Waals surface area contributed by atoms with E-state index in [0.717, 1.165) is 10.4 Å². The Morgan fingerprint density at radius 3 is 2.38 bits per heavy atom. The minimum atomic E-state index is -0.421. The average Bonchev–Trinajstić information content (AvgIpc) is 3.23. The summed E-state index contributed by atoms with van der Waals surface area (Å²) in [6.07, 6.45) is 0. The molecule has 34 heavy (non-hydrogen) atoms. The van der Waals surface area contributed by atoms with Gasteiger partial charge in [0, 0.05) is 35.6 Å². The lowest BCUT2D eigenvalue weighted by Crippen LogP contribution is -2.45. The molecule has 0 bridgehead atoms. The van der Waals surface area contributed by atoms with Gasteiger partial charge in [-0.2, -0.15) is 0 Å². The van der Waals surface area contributed by atoms with E-state index < -0.39 is 6.03 Å². The number of hydrogen-bond donors (Lipinski definition) is 1. The first kappa shape index (κ1) is 26.0. The standard InChI is InChI=1S/C25H27Cl2N3O3S/c1-18-8-10-21(34-18)16-30(15-19-6-4-3-5-7-19)24(31)17-29(12-13-33-2)25(32)28-20-9-11-22(26)23(27)14-20/h3-11,14H,12-13,15-17H2,1-2H3,(H,28,32). The molecule has 3 rings (SSSR count). The Labute approximate surface area is 214 Å². The molecule has 0 saturated carbocycles. The molecular formula is C25H27Cl2N3O3S. The lowest BCUT2D eigenvalue weighted by molar-refractivity contribution is -0.133. The summed E-state index contributed by atoms with van der Waals surface area (Å²) in [5.74, 6) is -0.157. The number of hydrogen-bond acceptors (Lipinski definition) is 4. The Bertz CT molecular complexity index is 1110. The minimum absolute atomic E-state index is 0.0896. The van der Waals surface area contributed by atoms with E-state index in [2.05, 4.69) is 5.32 Å². The molecule has 9 heteroatoms. The Morgan fingerprint density at radius 1 is 0.971 bits per heavy atom. The second kappa shape index (κ2) is 12.8. The van der Waals surface area contributed by atoms with Crippen LogP contribution in [-0.2, 0) is 22.6 Å². The zero-order valence-electron chi connectivity index (χ0n) is 19.1. The zero-order valence-corrected chi connectivity index (χ0v) is 21.4. The number of urea groups is 1. The fraction of sp³-hybridized carbons (Fsp3) is 0.280. The maximum Gasteiger partial charge on any atom is 0.322 e. The molecule has 0 aliphatic rings. The second-order valence-electron chi connectivity index (χ2n) is 7.72. The molecular weight excluding hydrogens is 493 g/mol. The van der Waals surface area contributed by atoms with Crippen molar-refractivity contribution in [1.82, 2.24) is 9.80 Å². The highest BCUT2D eigenvalue weighted by molar-refractivity contribution is 7.11. The van der Waals surface area contributed by atoms with Crippen molar-refractivity contribution in [1.29, 1.82) is 0 Å². The molecule has 0 radical (unpaired) electrons. The topological polar surface area (TPSA) is 61.9 Å². The number of halogens is 2. The van der Waals surface area contributed by atoms with Gasteiger partial charge in [0.2, 0.25) is 5.91 Å². The maximum absolute atomic E-state index is 13.4. The lowest BCUT2D eigenvalue weighted by Gasteiger charge is -2.27. The van der Waals surface area contributed by atoms with Gasteiger partial charge in [0.05, 0.1) is 23.2 Å². The van der Waals surface area contributed by atoms with E-state index in [4.69, 9.17) is 27.9 Å². The highest BCUT2D eigenvalue weighted by atomic mass is 35.5. The van der Waals surface area contributed by atoms with Crippen molar-refractivity contribution in [3.8, 4) is 0 Å². The van der Waals surface area contributed by atoms with Crippen LogP contribution in [0.15, 0.2) is 60.7 Å². The van der Waals surface area contributed by atoms with Crippen molar-refractivity contribution in [2.45, 2.75) is 20.0 Å². The van der Waals surface area contributed by atoms with E-state index in [1.165, 1.54) is 9.78 Å². The summed E-state index contributed by atoms with van der Waals surface area (Å²) in [7, 11) is 1.55. The van der Waals surface area contributed by atoms with Gasteiger partial charge < -0.3 is 19.9 Å². The number of carbonyl (C=O) groups is 2. The number of benzene rings is 2. The Balaban J connectivity index is 1.75. The third-order valence-electron chi connectivity index (χ3n) is 5.06. The van der Waals surface area contributed by atoms with Crippen LogP contribution in [0.4, 0.5) is 10.5 Å². The van der Waals surface area contributed by atoms with Gasteiger partial charge in [-0.15, -0.1) is 11.3 Å². The Kier molecular flexibility index (Phi) is 9.77. The molecule has 1 heterocycles. The highest BCUT2D eigenvalue weighted by Crippen LogP contribution is 2.25. The van der Waals surface area contributed by atoms with Gasteiger partial charge in [0.25, 0.3) is 0 Å². The van der Waals surface area contributed by atoms with Crippen LogP contribution in [0.2, 0.25) is 10.0 Å². The fourth-order valence-electron chi connectivity index (χ4n) is 3.29. The molecule has 3 aromatic rings. The molecule has 0 aliphatic heterocycles. The van der Waals surface area contributed by atoms with Gasteiger partial charge in [-0.3, -0.25) is 4.79 Å². The number of amides is 3. The molecule has 6 nitrogen and oxygen atoms in total. The van der Waals surface area contributed by atoms with Gasteiger partial charge in [-0.25, -0.2) is 4.79 Å². The van der Waals surface area contributed by atoms with Crippen molar-refractivity contribution >= 4 is 52.2 Å². The number of carbonyl (C=O) groups excluding carboxylic acids is 2. The fourth-order valence-corrected chi connectivity index (χ4v) is 4.49. The van der Waals surface area contributed by atoms with Crippen LogP contribution < -0.4 is 5.32 Å². The van der Waals surface area contributed by atoms with E-state index >= 15 is 0 Å². The first-order valence-corrected chi connectivity index (χ1v) is 12.3. The third-order valence-corrected chi connectivity index (χ3v) is 6.79. The molecule has 180 valence electrons. The van der Waals surface area contributed by atoms with Gasteiger partial charge in [0.1, 0.15) is 6.54 Å². The Morgan fingerprint density at radius 2 is 1.74 bits per heavy atom. The normalized spacial score (nSPS) is 10.7. The van der Waals surface area contributed by atoms with Crippen molar-refractivity contribution in [3.63, 3.8) is 0 Å². The zero-order chi connectivity index (χ0) is 24.5. The average molecular weight is 520 g/mol. The number of nitrogens with zero attached hydrogens (tertiary/aromatic N) is 2. The molecule has 1 aromatic heterocycles. The molecule has 2 aromatic carbocycles. The molecule has 0 fully saturated rings. The third kappa shape index (κ3) is 7.74. The first-order valence-electron chi connectivity index (χ1n) is 10.7. The molecule has 1 N–H and O–H groups in total. The van der Waals surface area contributed by atoms with Crippen LogP contribution in [0.1, 0.15) is 15.3 Å². The smallest absolute Gasteiger partial charge is 0.322 e. The van der Waals surface area contributed by atoms with Crippen LogP contribution in [0, 0.1) is 6.92 Å². The predicted molar refractivity (Wildman–Crippen MR) is 139 cm³/mol. The van der Waals surface area contributed by atoms with Gasteiger partial charge in [-0.05, 0) is 42.8 Å². The number of anilines is 1. The van der Waals surface area contributed by atoms with Crippen LogP contribution >= 0.6 is 34.5 Å². The minimum Gasteiger partial charge on any atom is -0.383 e. The van der Waals surface area contributed by atoms with Gasteiger partial charge >= 0.3 is 6.03 Å². The monoisotopic (exact) mass is 519 g/mol. The van der Waals surface area contributed by atoms with Crippen LogP contribution in [0.25, 0.3) is 0 Å². The predicted octanol–water partition coefficient (Wildman–Crippen LogP) is 6.07. The summed E-state index contributed by atoms with van der Waals surface area (Å²) in [6.45, 7) is 3.42. The number of ether oxygens (including phenoxy) is 1. The summed E-state index contributed by atoms with van der Waals surface area (Å²) in [4.78, 5) is 31.9. The summed E-state index contributed by atoms with van der Waals surface area (Å²) in [6, 6.07) is 18.3. The van der Waals surface area contributed by atoms with E-state index in [-0.39, 0.29) is 19.0 Å². The summed E-state index contributed by atoms with van der Waals surface area (Å²) >= 11 is 13.7. The lowest BCUT2D eigenvalue weighted by atomic mass is 10.2. The van der Waals surface area contributed by atoms with Crippen molar-refractivity contribution in [2.24, 2.45) is 0 Å². The molecule has 0 saturated heterocycles. The van der Waals surface area contributed by atoms with Crippen LogP contribution in [0.5, 0.6) is 0 Å². The van der Waals surface area contributed by atoms with E-state index in [0.29, 0.717) is 35.4 Å². The quantitative estimate of drug-likeness (QED) is 0.353. The van der Waals surface area contributed by atoms with Gasteiger partial charge in [0.15, 0.2) is 0 Å². The molecule has 3 amide bonds. The maximum atomic E-state index is 13.4. The summed E-state index contributed by atoms with van der Waals surface area (Å²) in [5.41, 5.74) is 1.51. The summed E-state index contributed by atoms with van der Waals surface area (Å²) in [5, 5.41) is 3.51. The number of nitrogens with one attached hydrogen (secondary N) is 1. The van der Waals surface area contributed by atoms with Crippen LogP contribution in [0.3, 0.4) is 0 Å². The van der Waals surface area contributed by atoms with E-state index in [9.17, 15) is 9.59 Å². The highest BCUT2D eigenvalue weighted by Gasteiger charge is 2.22. The summed E-state index contributed by atoms with van der Waals surface area (Å²) < 4.78 is 5.16. The SMILES string of the molecule is COCCN(CC(=O)N(Cc1ccccc1)Cc1ccc(C)s1)C(=O)Nc1ccc(Cl)c(Cl)c1. The van der Waals surface area contributed by atoms with Gasteiger partial charge in [-0.1, -0.05) is 53.5 Å². The van der Waals surface area contributed by atoms with Crippen molar-refractivity contribution in [3.05, 3.63) is 86.0 Å².